The van der Waals surface area contributed by atoms with E-state index in [4.69, 9.17) is 9.97 Å². The number of benzene rings is 2. The quantitative estimate of drug-likeness (QED) is 0.380. The number of para-hydroxylation sites is 1. The molecule has 0 bridgehead atoms. The van der Waals surface area contributed by atoms with Crippen molar-refractivity contribution in [1.29, 1.82) is 0 Å². The van der Waals surface area contributed by atoms with Gasteiger partial charge in [0.1, 0.15) is 16.5 Å². The van der Waals surface area contributed by atoms with Crippen LogP contribution in [0.15, 0.2) is 42.7 Å². The monoisotopic (exact) mass is 386 g/mol. The first-order chi connectivity index (χ1) is 13.5. The third-order valence-corrected chi connectivity index (χ3v) is 6.76. The molecule has 5 aromatic rings. The molecule has 2 aromatic carbocycles. The molecule has 0 aliphatic heterocycles. The van der Waals surface area contributed by atoms with Crippen LogP contribution >= 0.6 is 11.3 Å². The molecule has 0 radical (unpaired) electrons. The van der Waals surface area contributed by atoms with Gasteiger partial charge in [-0.25, -0.2) is 9.97 Å². The second-order valence-electron chi connectivity index (χ2n) is 7.47. The normalized spacial score (nSPS) is 11.8. The van der Waals surface area contributed by atoms with Gasteiger partial charge in [0.05, 0.1) is 11.2 Å². The number of aryl methyl sites for hydroxylation is 5. The Labute approximate surface area is 168 Å². The first kappa shape index (κ1) is 17.2. The molecule has 5 heteroatoms. The Bertz CT molecular complexity index is 1350. The molecule has 0 saturated carbocycles. The van der Waals surface area contributed by atoms with Crippen molar-refractivity contribution < 1.29 is 0 Å². The van der Waals surface area contributed by atoms with Crippen LogP contribution in [0.1, 0.15) is 22.5 Å². The molecule has 140 valence electrons. The van der Waals surface area contributed by atoms with Crippen LogP contribution in [0.4, 0.5) is 0 Å². The maximum Gasteiger partial charge on any atom is 0.146 e. The fourth-order valence-corrected chi connectivity index (χ4v) is 5.49. The summed E-state index contributed by atoms with van der Waals surface area (Å²) in [6.07, 6.45) is 3.97. The van der Waals surface area contributed by atoms with E-state index in [9.17, 15) is 0 Å². The number of imidazole rings is 2. The van der Waals surface area contributed by atoms with Crippen molar-refractivity contribution in [3.05, 3.63) is 65.2 Å². The van der Waals surface area contributed by atoms with Gasteiger partial charge in [-0.2, -0.15) is 0 Å². The van der Waals surface area contributed by atoms with Crippen LogP contribution in [0.5, 0.6) is 0 Å². The first-order valence-electron chi connectivity index (χ1n) is 9.43. The summed E-state index contributed by atoms with van der Waals surface area (Å²) in [5.74, 6) is 2.03. The molecule has 0 aliphatic carbocycles. The lowest BCUT2D eigenvalue weighted by molar-refractivity contribution is 0.888. The highest BCUT2D eigenvalue weighted by Gasteiger charge is 2.20. The zero-order valence-corrected chi connectivity index (χ0v) is 17.6. The van der Waals surface area contributed by atoms with Gasteiger partial charge in [-0.3, -0.25) is 4.57 Å². The van der Waals surface area contributed by atoms with E-state index >= 15 is 0 Å². The smallest absolute Gasteiger partial charge is 0.146 e. The Hall–Kier alpha value is -2.92. The van der Waals surface area contributed by atoms with Gasteiger partial charge in [0.2, 0.25) is 0 Å². The molecule has 5 rings (SSSR count). The zero-order chi connectivity index (χ0) is 19.6. The number of aromatic nitrogens is 4. The van der Waals surface area contributed by atoms with Gasteiger partial charge in [-0.15, -0.1) is 11.3 Å². The van der Waals surface area contributed by atoms with Gasteiger partial charge in [0.25, 0.3) is 0 Å². The molecule has 0 atom stereocenters. The fourth-order valence-electron chi connectivity index (χ4n) is 4.15. The lowest BCUT2D eigenvalue weighted by Crippen LogP contribution is -2.02. The summed E-state index contributed by atoms with van der Waals surface area (Å²) in [4.78, 5) is 10.6. The molecule has 4 nitrogen and oxygen atoms in total. The van der Waals surface area contributed by atoms with Crippen molar-refractivity contribution >= 4 is 31.8 Å². The van der Waals surface area contributed by atoms with Gasteiger partial charge in [-0.05, 0) is 44.4 Å². The molecule has 0 saturated heterocycles. The molecule has 28 heavy (non-hydrogen) atoms. The number of rotatable bonds is 2. The van der Waals surface area contributed by atoms with Crippen LogP contribution in [0.2, 0.25) is 0 Å². The minimum absolute atomic E-state index is 0.990. The molecule has 3 heterocycles. The zero-order valence-electron chi connectivity index (χ0n) is 16.7. The van der Waals surface area contributed by atoms with Crippen molar-refractivity contribution in [2.45, 2.75) is 27.7 Å². The maximum atomic E-state index is 4.79. The number of hydrogen-bond acceptors (Lipinski definition) is 3. The van der Waals surface area contributed by atoms with Crippen LogP contribution < -0.4 is 0 Å². The van der Waals surface area contributed by atoms with Crippen molar-refractivity contribution in [1.82, 2.24) is 19.1 Å². The summed E-state index contributed by atoms with van der Waals surface area (Å²) >= 11 is 1.76. The highest BCUT2D eigenvalue weighted by molar-refractivity contribution is 7.26. The predicted molar refractivity (Wildman–Crippen MR) is 118 cm³/mol. The Balaban J connectivity index is 1.86. The summed E-state index contributed by atoms with van der Waals surface area (Å²) in [6, 6.07) is 10.9. The minimum Gasteiger partial charge on any atom is -0.330 e. The lowest BCUT2D eigenvalue weighted by atomic mass is 10.0. The first-order valence-corrected chi connectivity index (χ1v) is 10.2. The largest absolute Gasteiger partial charge is 0.330 e. The topological polar surface area (TPSA) is 35.6 Å². The molecular weight excluding hydrogens is 364 g/mol. The van der Waals surface area contributed by atoms with Gasteiger partial charge < -0.3 is 4.57 Å². The van der Waals surface area contributed by atoms with Crippen LogP contribution in [-0.4, -0.2) is 19.1 Å². The van der Waals surface area contributed by atoms with E-state index < -0.39 is 0 Å². The van der Waals surface area contributed by atoms with Gasteiger partial charge in [0, 0.05) is 35.1 Å². The summed E-state index contributed by atoms with van der Waals surface area (Å²) in [7, 11) is 2.09. The van der Waals surface area contributed by atoms with Gasteiger partial charge in [-0.1, -0.05) is 30.3 Å². The van der Waals surface area contributed by atoms with Crippen LogP contribution in [0, 0.1) is 27.7 Å². The predicted octanol–water partition coefficient (Wildman–Crippen LogP) is 5.87. The second-order valence-corrected chi connectivity index (χ2v) is 8.47. The summed E-state index contributed by atoms with van der Waals surface area (Å²) in [5.41, 5.74) is 7.35. The molecular formula is C23H22N4S. The van der Waals surface area contributed by atoms with Crippen LogP contribution in [0.25, 0.3) is 37.5 Å². The van der Waals surface area contributed by atoms with Crippen LogP contribution in [0.3, 0.4) is 0 Å². The molecule has 3 aromatic heterocycles. The summed E-state index contributed by atoms with van der Waals surface area (Å²) in [5, 5.41) is 1.25. The summed E-state index contributed by atoms with van der Waals surface area (Å²) < 4.78 is 5.67. The van der Waals surface area contributed by atoms with E-state index in [1.807, 2.05) is 6.20 Å². The second kappa shape index (κ2) is 6.04. The molecule has 0 unspecified atom stereocenters. The van der Waals surface area contributed by atoms with E-state index in [-0.39, 0.29) is 0 Å². The highest BCUT2D eigenvalue weighted by atomic mass is 32.1. The number of fused-ring (bicyclic) bond motifs is 3. The molecule has 0 N–H and O–H groups in total. The average molecular weight is 387 g/mol. The molecule has 0 fully saturated rings. The van der Waals surface area contributed by atoms with E-state index in [0.29, 0.717) is 0 Å². The standard InChI is InChI=1S/C23H22N4S/c1-13-9-10-17-20-23(25-16(4)26(20)5)28-21(17)18(13)22-24-11-12-27(22)19-14(2)7-6-8-15(19)3/h6-12H,1-5H3. The van der Waals surface area contributed by atoms with Gasteiger partial charge in [0.15, 0.2) is 0 Å². The number of hydrogen-bond donors (Lipinski definition) is 0. The number of thiophene rings is 1. The Morgan fingerprint density at radius 1 is 0.929 bits per heavy atom. The third-order valence-electron chi connectivity index (χ3n) is 5.65. The third kappa shape index (κ3) is 2.29. The number of nitrogens with zero attached hydrogens (tertiary/aromatic N) is 4. The molecule has 0 spiro atoms. The Morgan fingerprint density at radius 3 is 2.43 bits per heavy atom. The maximum absolute atomic E-state index is 4.79. The van der Waals surface area contributed by atoms with Crippen molar-refractivity contribution in [3.63, 3.8) is 0 Å². The Kier molecular flexibility index (Phi) is 3.71. The van der Waals surface area contributed by atoms with Crippen LogP contribution in [-0.2, 0) is 7.05 Å². The SMILES string of the molecule is Cc1cccc(C)c1-n1ccnc1-c1c(C)ccc2c1sc1nc(C)n(C)c12. The average Bonchev–Trinajstić information content (AvgIpc) is 3.32. The Morgan fingerprint density at radius 2 is 1.68 bits per heavy atom. The molecule has 0 amide bonds. The highest BCUT2D eigenvalue weighted by Crippen LogP contribution is 2.41. The van der Waals surface area contributed by atoms with Gasteiger partial charge >= 0.3 is 0 Å². The summed E-state index contributed by atoms with van der Waals surface area (Å²) in [6.45, 7) is 8.54. The van der Waals surface area contributed by atoms with Crippen molar-refractivity contribution in [2.24, 2.45) is 7.05 Å². The van der Waals surface area contributed by atoms with E-state index in [0.717, 1.165) is 16.5 Å². The minimum atomic E-state index is 0.990. The van der Waals surface area contributed by atoms with E-state index in [2.05, 4.69) is 80.4 Å². The van der Waals surface area contributed by atoms with E-state index in [1.165, 1.54) is 43.5 Å². The fraction of sp³-hybridized carbons (Fsp3) is 0.217. The molecule has 0 aliphatic rings. The van der Waals surface area contributed by atoms with Crippen molar-refractivity contribution in [2.75, 3.05) is 0 Å². The lowest BCUT2D eigenvalue weighted by Gasteiger charge is -2.15. The van der Waals surface area contributed by atoms with Crippen molar-refractivity contribution in [3.8, 4) is 17.1 Å². The van der Waals surface area contributed by atoms with E-state index in [1.54, 1.807) is 11.3 Å².